The van der Waals surface area contributed by atoms with E-state index < -0.39 is 0 Å². The third-order valence-electron chi connectivity index (χ3n) is 2.08. The van der Waals surface area contributed by atoms with E-state index in [2.05, 4.69) is 36.2 Å². The van der Waals surface area contributed by atoms with Gasteiger partial charge in [-0.3, -0.25) is 0 Å². The first-order valence-electron chi connectivity index (χ1n) is 4.93. The van der Waals surface area contributed by atoms with Crippen molar-refractivity contribution in [2.45, 2.75) is 19.9 Å². The predicted molar refractivity (Wildman–Crippen MR) is 68.0 cm³/mol. The Bertz CT molecular complexity index is 531. The number of hydrogen-bond acceptors (Lipinski definition) is 5. The topological polar surface area (TPSA) is 63.8 Å². The minimum atomic E-state index is -0.106. The molecule has 0 aliphatic rings. The quantitative estimate of drug-likeness (QED) is 0.879. The smallest absolute Gasteiger partial charge is 0.224 e. The van der Waals surface area contributed by atoms with Gasteiger partial charge in [-0.15, -0.1) is 0 Å². The summed E-state index contributed by atoms with van der Waals surface area (Å²) in [5, 5.41) is 3.33. The van der Waals surface area contributed by atoms with E-state index in [1.165, 1.54) is 0 Å². The third-order valence-corrected chi connectivity index (χ3v) is 2.84. The van der Waals surface area contributed by atoms with Gasteiger partial charge in [0.25, 0.3) is 0 Å². The molecule has 0 saturated carbocycles. The van der Waals surface area contributed by atoms with E-state index in [9.17, 15) is 0 Å². The van der Waals surface area contributed by atoms with Crippen LogP contribution in [0.15, 0.2) is 21.3 Å². The van der Waals surface area contributed by atoms with E-state index >= 15 is 0 Å². The standard InChI is InChI=1S/C10H10BrClN4O/c1-5-3-13-9(17-5)6(2)15-8-7(11)4-14-10(12)16-8/h3-4,6H,1-2H3,(H,14,15,16). The first-order chi connectivity index (χ1) is 8.06. The largest absolute Gasteiger partial charge is 0.444 e. The Labute approximate surface area is 112 Å². The van der Waals surface area contributed by atoms with E-state index in [4.69, 9.17) is 16.0 Å². The fourth-order valence-corrected chi connectivity index (χ4v) is 1.72. The Balaban J connectivity index is 2.18. The lowest BCUT2D eigenvalue weighted by Crippen LogP contribution is -2.09. The summed E-state index contributed by atoms with van der Waals surface area (Å²) in [6, 6.07) is -0.106. The van der Waals surface area contributed by atoms with E-state index in [1.807, 2.05) is 13.8 Å². The lowest BCUT2D eigenvalue weighted by atomic mass is 10.3. The van der Waals surface area contributed by atoms with Crippen LogP contribution in [0, 0.1) is 6.92 Å². The molecule has 17 heavy (non-hydrogen) atoms. The maximum atomic E-state index is 5.73. The zero-order valence-electron chi connectivity index (χ0n) is 9.24. The molecular weight excluding hydrogens is 307 g/mol. The van der Waals surface area contributed by atoms with Crippen LogP contribution < -0.4 is 5.32 Å². The third kappa shape index (κ3) is 2.95. The summed E-state index contributed by atoms with van der Waals surface area (Å²) < 4.78 is 6.16. The number of rotatable bonds is 3. The molecule has 2 aromatic rings. The molecule has 0 amide bonds. The molecular formula is C10H10BrClN4O. The lowest BCUT2D eigenvalue weighted by molar-refractivity contribution is 0.453. The molecule has 1 N–H and O–H groups in total. The molecule has 2 rings (SSSR count). The highest BCUT2D eigenvalue weighted by Crippen LogP contribution is 2.24. The summed E-state index contributed by atoms with van der Waals surface area (Å²) in [7, 11) is 0. The highest BCUT2D eigenvalue weighted by molar-refractivity contribution is 9.10. The van der Waals surface area contributed by atoms with Crippen LogP contribution in [0.1, 0.15) is 24.6 Å². The van der Waals surface area contributed by atoms with Gasteiger partial charge in [0, 0.05) is 6.20 Å². The second-order valence-electron chi connectivity index (χ2n) is 3.51. The Morgan fingerprint density at radius 1 is 1.41 bits per heavy atom. The summed E-state index contributed by atoms with van der Waals surface area (Å²) in [5.74, 6) is 1.98. The summed E-state index contributed by atoms with van der Waals surface area (Å²) >= 11 is 9.07. The highest BCUT2D eigenvalue weighted by Gasteiger charge is 2.13. The molecule has 5 nitrogen and oxygen atoms in total. The van der Waals surface area contributed by atoms with Gasteiger partial charge in [-0.25, -0.2) is 9.97 Å². The predicted octanol–water partition coefficient (Wildman–Crippen LogP) is 3.36. The van der Waals surface area contributed by atoms with Crippen molar-refractivity contribution in [3.8, 4) is 0 Å². The number of aromatic nitrogens is 3. The number of nitrogens with zero attached hydrogens (tertiary/aromatic N) is 3. The number of halogens is 2. The lowest BCUT2D eigenvalue weighted by Gasteiger charge is -2.12. The van der Waals surface area contributed by atoms with Crippen LogP contribution in [0.4, 0.5) is 5.82 Å². The molecule has 2 heterocycles. The molecule has 1 unspecified atom stereocenters. The molecule has 2 aromatic heterocycles. The number of nitrogens with one attached hydrogen (secondary N) is 1. The zero-order valence-corrected chi connectivity index (χ0v) is 11.6. The van der Waals surface area contributed by atoms with Crippen molar-refractivity contribution in [2.24, 2.45) is 0 Å². The van der Waals surface area contributed by atoms with Gasteiger partial charge in [-0.1, -0.05) is 0 Å². The van der Waals surface area contributed by atoms with Crippen molar-refractivity contribution in [3.05, 3.63) is 33.8 Å². The van der Waals surface area contributed by atoms with Crippen LogP contribution >= 0.6 is 27.5 Å². The van der Waals surface area contributed by atoms with Crippen LogP contribution in [-0.4, -0.2) is 15.0 Å². The summed E-state index contributed by atoms with van der Waals surface area (Å²) in [6.07, 6.45) is 3.26. The Kier molecular flexibility index (Phi) is 3.63. The number of hydrogen-bond donors (Lipinski definition) is 1. The zero-order chi connectivity index (χ0) is 12.4. The van der Waals surface area contributed by atoms with Gasteiger partial charge in [-0.2, -0.15) is 4.98 Å². The Morgan fingerprint density at radius 3 is 2.82 bits per heavy atom. The van der Waals surface area contributed by atoms with Gasteiger partial charge in [0.15, 0.2) is 0 Å². The molecule has 0 aromatic carbocycles. The van der Waals surface area contributed by atoms with Crippen molar-refractivity contribution in [1.82, 2.24) is 15.0 Å². The maximum absolute atomic E-state index is 5.73. The number of anilines is 1. The first-order valence-corrected chi connectivity index (χ1v) is 6.10. The second kappa shape index (κ2) is 5.01. The number of oxazole rings is 1. The summed E-state index contributed by atoms with van der Waals surface area (Å²) in [6.45, 7) is 3.77. The Morgan fingerprint density at radius 2 is 2.18 bits per heavy atom. The van der Waals surface area contributed by atoms with Crippen LogP contribution in [0.5, 0.6) is 0 Å². The SMILES string of the molecule is Cc1cnc(C(C)Nc2nc(Cl)ncc2Br)o1. The Hall–Kier alpha value is -1.14. The average molecular weight is 318 g/mol. The fraction of sp³-hybridized carbons (Fsp3) is 0.300. The molecule has 7 heteroatoms. The molecule has 0 saturated heterocycles. The number of aryl methyl sites for hydroxylation is 1. The van der Waals surface area contributed by atoms with Crippen molar-refractivity contribution in [1.29, 1.82) is 0 Å². The molecule has 0 aliphatic carbocycles. The van der Waals surface area contributed by atoms with Crippen LogP contribution in [0.3, 0.4) is 0 Å². The highest BCUT2D eigenvalue weighted by atomic mass is 79.9. The molecule has 0 bridgehead atoms. The summed E-state index contributed by atoms with van der Waals surface area (Å²) in [4.78, 5) is 12.1. The molecule has 0 radical (unpaired) electrons. The summed E-state index contributed by atoms with van der Waals surface area (Å²) in [5.41, 5.74) is 0. The fourth-order valence-electron chi connectivity index (χ4n) is 1.29. The van der Waals surface area contributed by atoms with Gasteiger partial charge >= 0.3 is 0 Å². The van der Waals surface area contributed by atoms with Crippen LogP contribution in [0.2, 0.25) is 5.28 Å². The van der Waals surface area contributed by atoms with Gasteiger partial charge in [0.2, 0.25) is 11.2 Å². The van der Waals surface area contributed by atoms with Crippen LogP contribution in [0.25, 0.3) is 0 Å². The monoisotopic (exact) mass is 316 g/mol. The molecule has 0 fully saturated rings. The second-order valence-corrected chi connectivity index (χ2v) is 4.70. The minimum Gasteiger partial charge on any atom is -0.444 e. The minimum absolute atomic E-state index is 0.106. The van der Waals surface area contributed by atoms with E-state index in [0.29, 0.717) is 11.7 Å². The van der Waals surface area contributed by atoms with Gasteiger partial charge < -0.3 is 9.73 Å². The van der Waals surface area contributed by atoms with E-state index in [1.54, 1.807) is 12.4 Å². The van der Waals surface area contributed by atoms with Crippen LogP contribution in [-0.2, 0) is 0 Å². The van der Waals surface area contributed by atoms with Crippen molar-refractivity contribution >= 4 is 33.3 Å². The van der Waals surface area contributed by atoms with E-state index in [-0.39, 0.29) is 11.3 Å². The molecule has 0 spiro atoms. The normalized spacial score (nSPS) is 12.5. The van der Waals surface area contributed by atoms with Crippen molar-refractivity contribution < 1.29 is 4.42 Å². The van der Waals surface area contributed by atoms with Gasteiger partial charge in [-0.05, 0) is 41.4 Å². The first kappa shape index (κ1) is 12.3. The molecule has 90 valence electrons. The van der Waals surface area contributed by atoms with Crippen molar-refractivity contribution in [3.63, 3.8) is 0 Å². The van der Waals surface area contributed by atoms with Gasteiger partial charge in [0.05, 0.1) is 10.7 Å². The van der Waals surface area contributed by atoms with Gasteiger partial charge in [0.1, 0.15) is 17.6 Å². The maximum Gasteiger partial charge on any atom is 0.224 e. The average Bonchev–Trinajstić information content (AvgIpc) is 2.70. The van der Waals surface area contributed by atoms with E-state index in [0.717, 1.165) is 10.2 Å². The molecule has 1 atom stereocenters. The molecule has 0 aliphatic heterocycles. The van der Waals surface area contributed by atoms with Crippen molar-refractivity contribution in [2.75, 3.05) is 5.32 Å².